The molecule has 0 aromatic carbocycles. The maximum Gasteiger partial charge on any atom is 0.321 e. The summed E-state index contributed by atoms with van der Waals surface area (Å²) in [4.78, 5) is 12.7. The van der Waals surface area contributed by atoms with Gasteiger partial charge in [-0.3, -0.25) is 9.69 Å². The van der Waals surface area contributed by atoms with Crippen molar-refractivity contribution in [3.8, 4) is 0 Å². The summed E-state index contributed by atoms with van der Waals surface area (Å²) in [6.07, 6.45) is 2.50. The third kappa shape index (κ3) is 2.19. The Morgan fingerprint density at radius 2 is 2.00 bits per heavy atom. The number of carboxylic acid groups (broad SMARTS) is 1. The molecule has 12 heavy (non-hydrogen) atoms. The van der Waals surface area contributed by atoms with E-state index in [1.807, 2.05) is 4.90 Å². The van der Waals surface area contributed by atoms with Crippen molar-refractivity contribution in [1.82, 2.24) is 4.90 Å². The zero-order chi connectivity index (χ0) is 8.97. The Balaban J connectivity index is 2.45. The number of hydrogen-bond acceptors (Lipinski definition) is 3. The van der Waals surface area contributed by atoms with E-state index in [1.165, 1.54) is 0 Å². The minimum atomic E-state index is -0.814. The van der Waals surface area contributed by atoms with Gasteiger partial charge in [-0.05, 0) is 32.4 Å². The van der Waals surface area contributed by atoms with E-state index in [2.05, 4.69) is 0 Å². The molecule has 1 heterocycles. The van der Waals surface area contributed by atoms with Crippen molar-refractivity contribution in [1.29, 1.82) is 0 Å². The first kappa shape index (κ1) is 9.48. The number of carboxylic acids is 1. The molecule has 1 unspecified atom stereocenters. The second kappa shape index (κ2) is 4.42. The van der Waals surface area contributed by atoms with Crippen LogP contribution in [-0.2, 0) is 4.79 Å². The first-order valence-corrected chi connectivity index (χ1v) is 4.33. The van der Waals surface area contributed by atoms with Gasteiger partial charge in [0.15, 0.2) is 0 Å². The predicted octanol–water partition coefficient (Wildman–Crippen LogP) is -0.0822. The molecule has 1 aliphatic rings. The summed E-state index contributed by atoms with van der Waals surface area (Å²) in [5.74, 6) is -0.814. The van der Waals surface area contributed by atoms with Gasteiger partial charge < -0.3 is 10.2 Å². The number of hydrogen-bond donors (Lipinski definition) is 2. The molecule has 1 aliphatic heterocycles. The average molecular weight is 173 g/mol. The van der Waals surface area contributed by atoms with Crippen molar-refractivity contribution in [2.75, 3.05) is 19.7 Å². The second-order valence-electron chi connectivity index (χ2n) is 3.11. The molecule has 1 atom stereocenters. The van der Waals surface area contributed by atoms with E-state index in [0.29, 0.717) is 6.42 Å². The molecule has 0 radical (unpaired) electrons. The Morgan fingerprint density at radius 3 is 2.42 bits per heavy atom. The predicted molar refractivity (Wildman–Crippen MR) is 43.9 cm³/mol. The number of carbonyl (C=O) groups is 1. The van der Waals surface area contributed by atoms with Gasteiger partial charge in [0.25, 0.3) is 0 Å². The van der Waals surface area contributed by atoms with Gasteiger partial charge in [0, 0.05) is 6.61 Å². The van der Waals surface area contributed by atoms with E-state index in [9.17, 15) is 4.79 Å². The van der Waals surface area contributed by atoms with Crippen LogP contribution in [0, 0.1) is 0 Å². The lowest BCUT2D eigenvalue weighted by atomic mass is 10.2. The highest BCUT2D eigenvalue weighted by Crippen LogP contribution is 2.13. The highest BCUT2D eigenvalue weighted by atomic mass is 16.4. The Kier molecular flexibility index (Phi) is 3.49. The lowest BCUT2D eigenvalue weighted by Gasteiger charge is -2.22. The maximum absolute atomic E-state index is 10.7. The van der Waals surface area contributed by atoms with Crippen molar-refractivity contribution in [2.45, 2.75) is 25.3 Å². The van der Waals surface area contributed by atoms with Gasteiger partial charge in [0.1, 0.15) is 6.04 Å². The van der Waals surface area contributed by atoms with Gasteiger partial charge in [-0.25, -0.2) is 0 Å². The third-order valence-corrected chi connectivity index (χ3v) is 2.27. The molecule has 0 bridgehead atoms. The first-order valence-electron chi connectivity index (χ1n) is 4.33. The van der Waals surface area contributed by atoms with E-state index >= 15 is 0 Å². The van der Waals surface area contributed by atoms with Crippen molar-refractivity contribution >= 4 is 5.97 Å². The van der Waals surface area contributed by atoms with Crippen molar-refractivity contribution in [3.05, 3.63) is 0 Å². The number of aliphatic hydroxyl groups is 1. The molecule has 70 valence electrons. The van der Waals surface area contributed by atoms with Crippen LogP contribution < -0.4 is 0 Å². The van der Waals surface area contributed by atoms with Crippen LogP contribution in [0.15, 0.2) is 0 Å². The Hall–Kier alpha value is -0.610. The zero-order valence-electron chi connectivity index (χ0n) is 7.07. The van der Waals surface area contributed by atoms with E-state index in [0.717, 1.165) is 25.9 Å². The number of aliphatic carboxylic acids is 1. The van der Waals surface area contributed by atoms with Gasteiger partial charge >= 0.3 is 5.97 Å². The molecule has 0 saturated carbocycles. The van der Waals surface area contributed by atoms with Crippen LogP contribution in [0.1, 0.15) is 19.3 Å². The number of likely N-dealkylation sites (tertiary alicyclic amines) is 1. The van der Waals surface area contributed by atoms with E-state index < -0.39 is 12.0 Å². The Labute approximate surface area is 71.8 Å². The monoisotopic (exact) mass is 173 g/mol. The van der Waals surface area contributed by atoms with Gasteiger partial charge in [-0.2, -0.15) is 0 Å². The summed E-state index contributed by atoms with van der Waals surface area (Å²) in [5, 5.41) is 17.5. The summed E-state index contributed by atoms with van der Waals surface area (Å²) >= 11 is 0. The molecule has 1 fully saturated rings. The average Bonchev–Trinajstić information content (AvgIpc) is 2.51. The molecule has 0 aromatic rings. The molecule has 0 spiro atoms. The van der Waals surface area contributed by atoms with Crippen molar-refractivity contribution < 1.29 is 15.0 Å². The highest BCUT2D eigenvalue weighted by molar-refractivity contribution is 5.73. The van der Waals surface area contributed by atoms with E-state index in [1.54, 1.807) is 0 Å². The van der Waals surface area contributed by atoms with Crippen LogP contribution in [-0.4, -0.2) is 46.8 Å². The molecule has 1 rings (SSSR count). The van der Waals surface area contributed by atoms with E-state index in [-0.39, 0.29) is 6.61 Å². The van der Waals surface area contributed by atoms with Crippen LogP contribution in [0.3, 0.4) is 0 Å². The first-order chi connectivity index (χ1) is 5.75. The molecule has 0 aliphatic carbocycles. The molecular weight excluding hydrogens is 158 g/mol. The molecule has 4 nitrogen and oxygen atoms in total. The molecule has 0 amide bonds. The van der Waals surface area contributed by atoms with Gasteiger partial charge in [0.2, 0.25) is 0 Å². The van der Waals surface area contributed by atoms with Crippen LogP contribution in [0.2, 0.25) is 0 Å². The molecule has 1 saturated heterocycles. The van der Waals surface area contributed by atoms with Crippen LogP contribution in [0.25, 0.3) is 0 Å². The summed E-state index contributed by atoms with van der Waals surface area (Å²) in [6, 6.07) is -0.475. The van der Waals surface area contributed by atoms with Crippen molar-refractivity contribution in [3.63, 3.8) is 0 Å². The lowest BCUT2D eigenvalue weighted by Crippen LogP contribution is -2.39. The van der Waals surface area contributed by atoms with Crippen LogP contribution >= 0.6 is 0 Å². The highest BCUT2D eigenvalue weighted by Gasteiger charge is 2.26. The molecule has 4 heteroatoms. The third-order valence-electron chi connectivity index (χ3n) is 2.27. The van der Waals surface area contributed by atoms with Gasteiger partial charge in [-0.15, -0.1) is 0 Å². The fraction of sp³-hybridized carbons (Fsp3) is 0.875. The summed E-state index contributed by atoms with van der Waals surface area (Å²) in [6.45, 7) is 1.67. The number of nitrogens with zero attached hydrogens (tertiary/aromatic N) is 1. The Morgan fingerprint density at radius 1 is 1.42 bits per heavy atom. The summed E-state index contributed by atoms with van der Waals surface area (Å²) in [7, 11) is 0. The SMILES string of the molecule is O=C(O)C(CCO)N1CCCC1. The fourth-order valence-corrected chi connectivity index (χ4v) is 1.64. The number of rotatable bonds is 4. The second-order valence-corrected chi connectivity index (χ2v) is 3.11. The van der Waals surface area contributed by atoms with Gasteiger partial charge in [-0.1, -0.05) is 0 Å². The van der Waals surface area contributed by atoms with E-state index in [4.69, 9.17) is 10.2 Å². The minimum Gasteiger partial charge on any atom is -0.480 e. The minimum absolute atomic E-state index is 0.0481. The summed E-state index contributed by atoms with van der Waals surface area (Å²) < 4.78 is 0. The van der Waals surface area contributed by atoms with Crippen LogP contribution in [0.4, 0.5) is 0 Å². The van der Waals surface area contributed by atoms with Gasteiger partial charge in [0.05, 0.1) is 0 Å². The summed E-state index contributed by atoms with van der Waals surface area (Å²) in [5.41, 5.74) is 0. The lowest BCUT2D eigenvalue weighted by molar-refractivity contribution is -0.143. The largest absolute Gasteiger partial charge is 0.480 e. The molecular formula is C8H15NO3. The Bertz CT molecular complexity index is 154. The molecule has 0 aromatic heterocycles. The topological polar surface area (TPSA) is 60.8 Å². The number of aliphatic hydroxyl groups excluding tert-OH is 1. The standard InChI is InChI=1S/C8H15NO3/c10-6-3-7(8(11)12)9-4-1-2-5-9/h7,10H,1-6H2,(H,11,12). The fourth-order valence-electron chi connectivity index (χ4n) is 1.64. The zero-order valence-corrected chi connectivity index (χ0v) is 7.07. The maximum atomic E-state index is 10.7. The van der Waals surface area contributed by atoms with Crippen molar-refractivity contribution in [2.24, 2.45) is 0 Å². The smallest absolute Gasteiger partial charge is 0.321 e. The molecule has 2 N–H and O–H groups in total. The normalized spacial score (nSPS) is 21.1. The van der Waals surface area contributed by atoms with Crippen LogP contribution in [0.5, 0.6) is 0 Å². The quantitative estimate of drug-likeness (QED) is 0.624.